The van der Waals surface area contributed by atoms with Gasteiger partial charge in [-0.2, -0.15) is 0 Å². The molecule has 3 saturated carbocycles. The lowest BCUT2D eigenvalue weighted by atomic mass is 9.73. The highest BCUT2D eigenvalue weighted by atomic mass is 19.1. The summed E-state index contributed by atoms with van der Waals surface area (Å²) in [5.41, 5.74) is 4.97. The number of alkyl halides is 1. The van der Waals surface area contributed by atoms with E-state index in [9.17, 15) is 0 Å². The van der Waals surface area contributed by atoms with Crippen molar-refractivity contribution in [1.29, 1.82) is 5.41 Å². The van der Waals surface area contributed by atoms with E-state index in [4.69, 9.17) is 5.41 Å². The topological polar surface area (TPSA) is 51.8 Å². The molecule has 1 N–H and O–H groups in total. The summed E-state index contributed by atoms with van der Waals surface area (Å²) in [5, 5.41) is 8.56. The summed E-state index contributed by atoms with van der Waals surface area (Å²) >= 11 is 0. The second-order valence-corrected chi connectivity index (χ2v) is 12.8. The minimum atomic E-state index is -1.14. The van der Waals surface area contributed by atoms with Gasteiger partial charge in [0, 0.05) is 60.5 Å². The third kappa shape index (κ3) is 7.34. The molecule has 5 heteroatoms. The lowest BCUT2D eigenvalue weighted by molar-refractivity contribution is 0.279. The number of nitrogens with one attached hydrogen (secondary N) is 1. The van der Waals surface area contributed by atoms with Gasteiger partial charge in [-0.25, -0.2) is 4.39 Å². The lowest BCUT2D eigenvalue weighted by Gasteiger charge is -2.34. The maximum atomic E-state index is 15.4. The maximum absolute atomic E-state index is 15.4. The van der Waals surface area contributed by atoms with Crippen LogP contribution >= 0.6 is 0 Å². The van der Waals surface area contributed by atoms with Crippen LogP contribution in [0.3, 0.4) is 0 Å². The summed E-state index contributed by atoms with van der Waals surface area (Å²) in [5.74, 6) is 0.816. The van der Waals surface area contributed by atoms with Crippen LogP contribution in [0.5, 0.6) is 0 Å². The predicted molar refractivity (Wildman–Crippen MR) is 175 cm³/mol. The van der Waals surface area contributed by atoms with E-state index in [0.29, 0.717) is 24.7 Å². The quantitative estimate of drug-likeness (QED) is 0.150. The van der Waals surface area contributed by atoms with Gasteiger partial charge in [0.05, 0.1) is 0 Å². The number of aliphatic imine (C=N–C) groups is 2. The van der Waals surface area contributed by atoms with Gasteiger partial charge in [0.15, 0.2) is 0 Å². The summed E-state index contributed by atoms with van der Waals surface area (Å²) < 4.78 is 15.4. The van der Waals surface area contributed by atoms with Gasteiger partial charge in [-0.05, 0) is 99.5 Å². The van der Waals surface area contributed by atoms with Gasteiger partial charge in [0.25, 0.3) is 0 Å². The van der Waals surface area contributed by atoms with Crippen LogP contribution in [0, 0.1) is 28.6 Å². The number of benzene rings is 1. The van der Waals surface area contributed by atoms with Gasteiger partial charge in [-0.1, -0.05) is 58.1 Å². The molecule has 0 saturated heterocycles. The van der Waals surface area contributed by atoms with Gasteiger partial charge >= 0.3 is 0 Å². The van der Waals surface area contributed by atoms with Crippen LogP contribution in [0.25, 0.3) is 5.57 Å². The Hall–Kier alpha value is -2.82. The fourth-order valence-electron chi connectivity index (χ4n) is 6.94. The Morgan fingerprint density at radius 2 is 1.93 bits per heavy atom. The molecule has 4 nitrogen and oxygen atoms in total. The fourth-order valence-corrected chi connectivity index (χ4v) is 6.94. The van der Waals surface area contributed by atoms with Crippen LogP contribution < -0.4 is 4.90 Å². The van der Waals surface area contributed by atoms with E-state index in [2.05, 4.69) is 72.9 Å². The molecule has 3 fully saturated rings. The highest BCUT2D eigenvalue weighted by Gasteiger charge is 2.56. The third-order valence-corrected chi connectivity index (χ3v) is 9.75. The number of rotatable bonds is 17. The van der Waals surface area contributed by atoms with Crippen molar-refractivity contribution in [3.63, 3.8) is 0 Å². The molecule has 4 rings (SSSR count). The van der Waals surface area contributed by atoms with Crippen molar-refractivity contribution < 1.29 is 4.39 Å². The summed E-state index contributed by atoms with van der Waals surface area (Å²) in [6.45, 7) is 20.6. The Balaban J connectivity index is 1.59. The van der Waals surface area contributed by atoms with E-state index in [-0.39, 0.29) is 11.3 Å². The molecule has 0 amide bonds. The van der Waals surface area contributed by atoms with Crippen molar-refractivity contribution in [3.05, 3.63) is 60.5 Å². The van der Waals surface area contributed by atoms with Crippen molar-refractivity contribution in [3.8, 4) is 0 Å². The molecule has 222 valence electrons. The largest absolute Gasteiger partial charge is 0.345 e. The van der Waals surface area contributed by atoms with Crippen LogP contribution in [0.4, 0.5) is 10.1 Å². The van der Waals surface area contributed by atoms with E-state index in [0.717, 1.165) is 86.3 Å². The molecule has 0 spiro atoms. The number of hydrogen-bond acceptors (Lipinski definition) is 4. The molecule has 3 aliphatic rings. The molecule has 4 atom stereocenters. The van der Waals surface area contributed by atoms with Crippen molar-refractivity contribution in [1.82, 2.24) is 0 Å². The van der Waals surface area contributed by atoms with E-state index in [1.165, 1.54) is 18.4 Å². The monoisotopic (exact) mass is 558 g/mol. The zero-order valence-electron chi connectivity index (χ0n) is 25.7. The maximum Gasteiger partial charge on any atom is 0.119 e. The predicted octanol–water partition coefficient (Wildman–Crippen LogP) is 9.63. The summed E-state index contributed by atoms with van der Waals surface area (Å²) in [7, 11) is 0. The Morgan fingerprint density at radius 3 is 2.56 bits per heavy atom. The molecule has 4 unspecified atom stereocenters. The van der Waals surface area contributed by atoms with E-state index in [1.807, 2.05) is 13.1 Å². The zero-order chi connectivity index (χ0) is 29.6. The number of hydrogen-bond donors (Lipinski definition) is 1. The Morgan fingerprint density at radius 1 is 1.15 bits per heavy atom. The van der Waals surface area contributed by atoms with Gasteiger partial charge < -0.3 is 10.3 Å². The van der Waals surface area contributed by atoms with Crippen molar-refractivity contribution in [2.75, 3.05) is 18.0 Å². The highest BCUT2D eigenvalue weighted by Crippen LogP contribution is 2.56. The number of allylic oxidation sites excluding steroid dienone is 3. The molecule has 0 radical (unpaired) electrons. The molecule has 1 aromatic carbocycles. The molecule has 1 aromatic rings. The first-order valence-electron chi connectivity index (χ1n) is 15.9. The Kier molecular flexibility index (Phi) is 10.2. The van der Waals surface area contributed by atoms with Gasteiger partial charge in [0.1, 0.15) is 5.67 Å². The minimum absolute atomic E-state index is 0.101. The van der Waals surface area contributed by atoms with E-state index < -0.39 is 5.67 Å². The van der Waals surface area contributed by atoms with Crippen LogP contribution in [0.15, 0.2) is 64.9 Å². The smallest absolute Gasteiger partial charge is 0.119 e. The normalized spacial score (nSPS) is 27.7. The lowest BCUT2D eigenvalue weighted by Crippen LogP contribution is -2.31. The molecule has 0 heterocycles. The molecular weight excluding hydrogens is 507 g/mol. The van der Waals surface area contributed by atoms with E-state index in [1.54, 1.807) is 6.20 Å². The zero-order valence-corrected chi connectivity index (χ0v) is 25.7. The van der Waals surface area contributed by atoms with Crippen LogP contribution in [-0.4, -0.2) is 37.4 Å². The van der Waals surface area contributed by atoms with Crippen molar-refractivity contribution >= 4 is 29.9 Å². The number of nitrogens with zero attached hydrogens (tertiary/aromatic N) is 3. The Labute approximate surface area is 248 Å². The van der Waals surface area contributed by atoms with Crippen LogP contribution in [0.2, 0.25) is 0 Å². The molecule has 41 heavy (non-hydrogen) atoms. The molecule has 0 aliphatic heterocycles. The minimum Gasteiger partial charge on any atom is -0.345 e. The van der Waals surface area contributed by atoms with Crippen LogP contribution in [-0.2, 0) is 0 Å². The van der Waals surface area contributed by atoms with Crippen LogP contribution in [0.1, 0.15) is 97.0 Å². The first kappa shape index (κ1) is 31.1. The SMILES string of the molecule is C=N/C=C(\C=N/CCC)c1cccc(N(CC2CCC(CCC)(C(=C)CC(=N)C3CC3)C2)C(=C)C2CC2(F)CC)c1. The summed E-state index contributed by atoms with van der Waals surface area (Å²) in [6, 6.07) is 8.42. The van der Waals surface area contributed by atoms with E-state index >= 15 is 4.39 Å². The van der Waals surface area contributed by atoms with Gasteiger partial charge in [0.2, 0.25) is 0 Å². The molecule has 3 aliphatic carbocycles. The van der Waals surface area contributed by atoms with Crippen molar-refractivity contribution in [2.45, 2.75) is 97.1 Å². The summed E-state index contributed by atoms with van der Waals surface area (Å²) in [6.07, 6.45) is 14.4. The molecular formula is C36H51FN4. The highest BCUT2D eigenvalue weighted by molar-refractivity contribution is 6.10. The fraction of sp³-hybridized carbons (Fsp3) is 0.583. The average Bonchev–Trinajstić information content (AvgIpc) is 3.89. The standard InChI is InChI=1S/C36H51FN4/c1-7-16-35(26(4)19-34(38)29-13-14-29)17-15-28(21-35)25-41(27(5)33-22-36(33,37)9-3)32-12-10-11-30(20-32)31(23-39-6)24-40-18-8-2/h10-12,20,23-24,28-29,33,38H,4-9,13-19,21-22,25H2,1-3H3/b31-23+,38-34?,40-24-. The third-order valence-electron chi connectivity index (χ3n) is 9.75. The molecule has 0 bridgehead atoms. The first-order chi connectivity index (χ1) is 19.7. The Bertz CT molecular complexity index is 1190. The number of anilines is 1. The number of halogens is 1. The van der Waals surface area contributed by atoms with Gasteiger partial charge in [-0.15, -0.1) is 0 Å². The second-order valence-electron chi connectivity index (χ2n) is 12.8. The molecule has 0 aromatic heterocycles. The van der Waals surface area contributed by atoms with Crippen molar-refractivity contribution in [2.24, 2.45) is 33.2 Å². The second kappa shape index (κ2) is 13.4. The average molecular weight is 559 g/mol. The first-order valence-corrected chi connectivity index (χ1v) is 15.9. The summed E-state index contributed by atoms with van der Waals surface area (Å²) in [4.78, 5) is 10.9. The van der Waals surface area contributed by atoms with Gasteiger partial charge in [-0.3, -0.25) is 9.98 Å².